The Morgan fingerprint density at radius 1 is 1.31 bits per heavy atom. The molecule has 2 heterocycles. The third kappa shape index (κ3) is 3.54. The van der Waals surface area contributed by atoms with Crippen molar-refractivity contribution >= 4 is 50.2 Å². The molecule has 0 saturated carbocycles. The number of ether oxygens (including phenoxy) is 1. The highest BCUT2D eigenvalue weighted by Crippen LogP contribution is 2.38. The van der Waals surface area contributed by atoms with Crippen molar-refractivity contribution in [2.24, 2.45) is 5.41 Å². The first-order chi connectivity index (χ1) is 12.1. The number of thiophene rings is 1. The van der Waals surface area contributed by atoms with Crippen LogP contribution in [-0.2, 0) is 14.8 Å². The van der Waals surface area contributed by atoms with Gasteiger partial charge in [-0.05, 0) is 45.0 Å². The monoisotopic (exact) mass is 414 g/mol. The van der Waals surface area contributed by atoms with E-state index in [0.717, 1.165) is 11.3 Å². The second-order valence-corrected chi connectivity index (χ2v) is 10.2. The fourth-order valence-electron chi connectivity index (χ4n) is 2.67. The molecule has 1 aliphatic rings. The highest BCUT2D eigenvalue weighted by Gasteiger charge is 2.37. The second kappa shape index (κ2) is 6.75. The first-order valence-corrected chi connectivity index (χ1v) is 10.7. The molecule has 3 rings (SSSR count). The number of hydrogen-bond acceptors (Lipinski definition) is 5. The Morgan fingerprint density at radius 2 is 2.04 bits per heavy atom. The predicted octanol–water partition coefficient (Wildman–Crippen LogP) is 3.97. The minimum absolute atomic E-state index is 0.0275. The standard InChI is InChI=1S/C17H19ClN2O4S2/c1-4-20-12-6-5-11(9-13(12)24-10-17(2,3)16(20)21)19-26(22,23)15-8-7-14(18)25-15/h5-9,19H,4,10H2,1-3H3. The molecule has 1 aromatic carbocycles. The van der Waals surface area contributed by atoms with Gasteiger partial charge in [-0.25, -0.2) is 8.42 Å². The summed E-state index contributed by atoms with van der Waals surface area (Å²) in [6.45, 7) is 6.26. The molecule has 1 N–H and O–H groups in total. The maximum Gasteiger partial charge on any atom is 0.271 e. The minimum Gasteiger partial charge on any atom is -0.490 e. The lowest BCUT2D eigenvalue weighted by Gasteiger charge is -2.26. The fourth-order valence-corrected chi connectivity index (χ4v) is 5.20. The molecule has 0 radical (unpaired) electrons. The van der Waals surface area contributed by atoms with Crippen LogP contribution in [0.5, 0.6) is 5.75 Å². The van der Waals surface area contributed by atoms with Crippen LogP contribution in [0.4, 0.5) is 11.4 Å². The van der Waals surface area contributed by atoms with Gasteiger partial charge in [0.25, 0.3) is 10.0 Å². The van der Waals surface area contributed by atoms with Crippen molar-refractivity contribution in [1.82, 2.24) is 0 Å². The zero-order valence-electron chi connectivity index (χ0n) is 14.6. The predicted molar refractivity (Wildman–Crippen MR) is 104 cm³/mol. The normalized spacial score (nSPS) is 16.6. The van der Waals surface area contributed by atoms with Crippen molar-refractivity contribution in [3.8, 4) is 5.75 Å². The number of rotatable bonds is 4. The minimum atomic E-state index is -3.73. The number of carbonyl (C=O) groups excluding carboxylic acids is 1. The van der Waals surface area contributed by atoms with Gasteiger partial charge in [0, 0.05) is 12.6 Å². The van der Waals surface area contributed by atoms with E-state index in [0.29, 0.717) is 28.0 Å². The molecule has 0 saturated heterocycles. The maximum absolute atomic E-state index is 12.7. The van der Waals surface area contributed by atoms with Crippen LogP contribution in [0.2, 0.25) is 4.34 Å². The summed E-state index contributed by atoms with van der Waals surface area (Å²) in [5.74, 6) is 0.440. The first kappa shape index (κ1) is 19.0. The largest absolute Gasteiger partial charge is 0.490 e. The van der Waals surface area contributed by atoms with Crippen LogP contribution in [0.25, 0.3) is 0 Å². The van der Waals surface area contributed by atoms with Gasteiger partial charge in [0.15, 0.2) is 0 Å². The highest BCUT2D eigenvalue weighted by atomic mass is 35.5. The number of sulfonamides is 1. The van der Waals surface area contributed by atoms with Crippen molar-refractivity contribution in [2.45, 2.75) is 25.0 Å². The molecule has 0 bridgehead atoms. The van der Waals surface area contributed by atoms with Gasteiger partial charge in [-0.3, -0.25) is 9.52 Å². The van der Waals surface area contributed by atoms with Crippen LogP contribution in [0.3, 0.4) is 0 Å². The van der Waals surface area contributed by atoms with E-state index < -0.39 is 15.4 Å². The van der Waals surface area contributed by atoms with Crippen LogP contribution in [0.1, 0.15) is 20.8 Å². The van der Waals surface area contributed by atoms with Gasteiger partial charge in [0.1, 0.15) is 16.6 Å². The van der Waals surface area contributed by atoms with Crippen LogP contribution in [0, 0.1) is 5.41 Å². The van der Waals surface area contributed by atoms with Crippen LogP contribution in [-0.4, -0.2) is 27.5 Å². The van der Waals surface area contributed by atoms with E-state index >= 15 is 0 Å². The molecule has 9 heteroatoms. The van der Waals surface area contributed by atoms with E-state index in [4.69, 9.17) is 16.3 Å². The zero-order chi connectivity index (χ0) is 19.1. The molecule has 140 valence electrons. The topological polar surface area (TPSA) is 75.7 Å². The molecule has 26 heavy (non-hydrogen) atoms. The van der Waals surface area contributed by atoms with Gasteiger partial charge < -0.3 is 9.64 Å². The molecule has 0 spiro atoms. The number of halogens is 1. The number of nitrogens with zero attached hydrogens (tertiary/aromatic N) is 1. The van der Waals surface area contributed by atoms with Crippen molar-refractivity contribution in [3.05, 3.63) is 34.7 Å². The molecule has 0 aliphatic carbocycles. The molecular formula is C17H19ClN2O4S2. The molecular weight excluding hydrogens is 396 g/mol. The Labute approximate surface area is 161 Å². The summed E-state index contributed by atoms with van der Waals surface area (Å²) in [5, 5.41) is 0. The van der Waals surface area contributed by atoms with Crippen molar-refractivity contribution in [3.63, 3.8) is 0 Å². The second-order valence-electron chi connectivity index (χ2n) is 6.57. The van der Waals surface area contributed by atoms with Gasteiger partial charge >= 0.3 is 0 Å². The lowest BCUT2D eigenvalue weighted by atomic mass is 9.93. The Morgan fingerprint density at radius 3 is 2.65 bits per heavy atom. The van der Waals surface area contributed by atoms with Gasteiger partial charge in [-0.15, -0.1) is 11.3 Å². The van der Waals surface area contributed by atoms with Crippen LogP contribution in [0.15, 0.2) is 34.5 Å². The summed E-state index contributed by atoms with van der Waals surface area (Å²) >= 11 is 6.80. The number of nitrogens with one attached hydrogen (secondary N) is 1. The van der Waals surface area contributed by atoms with E-state index in [1.165, 1.54) is 12.1 Å². The maximum atomic E-state index is 12.7. The SMILES string of the molecule is CCN1C(=O)C(C)(C)COc2cc(NS(=O)(=O)c3ccc(Cl)s3)ccc21. The van der Waals surface area contributed by atoms with Crippen molar-refractivity contribution in [2.75, 3.05) is 22.8 Å². The first-order valence-electron chi connectivity index (χ1n) is 8.01. The van der Waals surface area contributed by atoms with E-state index in [2.05, 4.69) is 4.72 Å². The van der Waals surface area contributed by atoms with Gasteiger partial charge in [0.2, 0.25) is 5.91 Å². The number of hydrogen-bond donors (Lipinski definition) is 1. The summed E-state index contributed by atoms with van der Waals surface area (Å²) in [5.41, 5.74) is 0.323. The Hall–Kier alpha value is -1.77. The number of fused-ring (bicyclic) bond motifs is 1. The molecule has 1 amide bonds. The lowest BCUT2D eigenvalue weighted by Crippen LogP contribution is -2.42. The Kier molecular flexibility index (Phi) is 4.94. The Bertz CT molecular complexity index is 953. The average Bonchev–Trinajstić information content (AvgIpc) is 2.98. The van der Waals surface area contributed by atoms with Crippen LogP contribution < -0.4 is 14.4 Å². The molecule has 1 aromatic heterocycles. The summed E-state index contributed by atoms with van der Waals surface area (Å²) in [7, 11) is -3.73. The number of anilines is 2. The summed E-state index contributed by atoms with van der Waals surface area (Å²) in [4.78, 5) is 14.3. The summed E-state index contributed by atoms with van der Waals surface area (Å²) < 4.78 is 33.8. The van der Waals surface area contributed by atoms with Crippen molar-refractivity contribution < 1.29 is 17.9 Å². The van der Waals surface area contributed by atoms with E-state index in [1.807, 2.05) is 20.8 Å². The van der Waals surface area contributed by atoms with Gasteiger partial charge in [-0.1, -0.05) is 11.6 Å². The zero-order valence-corrected chi connectivity index (χ0v) is 17.0. The van der Waals surface area contributed by atoms with Crippen LogP contribution >= 0.6 is 22.9 Å². The molecule has 0 fully saturated rings. The van der Waals surface area contributed by atoms with Gasteiger partial charge in [0.05, 0.1) is 21.1 Å². The Balaban J connectivity index is 1.95. The molecule has 2 aromatic rings. The fraction of sp³-hybridized carbons (Fsp3) is 0.353. The average molecular weight is 415 g/mol. The van der Waals surface area contributed by atoms with E-state index in [1.54, 1.807) is 23.1 Å². The highest BCUT2D eigenvalue weighted by molar-refractivity contribution is 7.94. The summed E-state index contributed by atoms with van der Waals surface area (Å²) in [6, 6.07) is 7.89. The number of carbonyl (C=O) groups is 1. The molecule has 0 unspecified atom stereocenters. The molecule has 1 aliphatic heterocycles. The molecule has 6 nitrogen and oxygen atoms in total. The molecule has 0 atom stereocenters. The number of benzene rings is 1. The third-order valence-corrected chi connectivity index (χ3v) is 7.15. The van der Waals surface area contributed by atoms with E-state index in [-0.39, 0.29) is 16.7 Å². The summed E-state index contributed by atoms with van der Waals surface area (Å²) in [6.07, 6.45) is 0. The smallest absolute Gasteiger partial charge is 0.271 e. The van der Waals surface area contributed by atoms with E-state index in [9.17, 15) is 13.2 Å². The third-order valence-electron chi connectivity index (χ3n) is 4.05. The van der Waals surface area contributed by atoms with Gasteiger partial charge in [-0.2, -0.15) is 0 Å². The quantitative estimate of drug-likeness (QED) is 0.821. The lowest BCUT2D eigenvalue weighted by molar-refractivity contribution is -0.127. The number of amides is 1. The van der Waals surface area contributed by atoms with Crippen molar-refractivity contribution in [1.29, 1.82) is 0 Å².